The Hall–Kier alpha value is -0.150. The van der Waals surface area contributed by atoms with Crippen LogP contribution in [-0.4, -0.2) is 15.0 Å². The van der Waals surface area contributed by atoms with Gasteiger partial charge in [-0.25, -0.2) is 8.93 Å². The van der Waals surface area contributed by atoms with Gasteiger partial charge in [0.2, 0.25) is 0 Å². The summed E-state index contributed by atoms with van der Waals surface area (Å²) in [5.74, 6) is 0. The highest BCUT2D eigenvalue weighted by atomic mass is 32.2. The fraction of sp³-hybridized carbons (Fsp3) is 0.818. The number of rotatable bonds is 6. The van der Waals surface area contributed by atoms with Crippen molar-refractivity contribution in [3.05, 3.63) is 12.7 Å². The maximum atomic E-state index is 11.7. The van der Waals surface area contributed by atoms with Crippen molar-refractivity contribution in [3.8, 4) is 0 Å². The van der Waals surface area contributed by atoms with Gasteiger partial charge in [-0.2, -0.15) is 0 Å². The van der Waals surface area contributed by atoms with Crippen molar-refractivity contribution in [1.29, 1.82) is 0 Å². The lowest BCUT2D eigenvalue weighted by Gasteiger charge is -2.21. The van der Waals surface area contributed by atoms with Crippen molar-refractivity contribution in [2.75, 3.05) is 0 Å². The minimum absolute atomic E-state index is 0.174. The van der Waals surface area contributed by atoms with Gasteiger partial charge in [-0.15, -0.1) is 6.58 Å². The molecule has 0 unspecified atom stereocenters. The molecule has 0 aliphatic carbocycles. The average molecular weight is 217 g/mol. The summed E-state index contributed by atoms with van der Waals surface area (Å²) in [6.45, 7) is 11.7. The molecule has 0 bridgehead atoms. The van der Waals surface area contributed by atoms with Gasteiger partial charge in [0.15, 0.2) is 0 Å². The van der Waals surface area contributed by atoms with Crippen LogP contribution in [0.4, 0.5) is 0 Å². The first-order chi connectivity index (χ1) is 6.38. The van der Waals surface area contributed by atoms with Crippen molar-refractivity contribution in [1.82, 2.24) is 4.72 Å². The summed E-state index contributed by atoms with van der Waals surface area (Å²) in [4.78, 5) is 0. The van der Waals surface area contributed by atoms with Gasteiger partial charge in [0, 0.05) is 6.04 Å². The molecule has 0 amide bonds. The minimum atomic E-state index is -0.949. The smallest absolute Gasteiger partial charge is 0.0972 e. The molecule has 1 N–H and O–H groups in total. The largest absolute Gasteiger partial charge is 0.242 e. The Labute approximate surface area is 90.8 Å². The van der Waals surface area contributed by atoms with Crippen LogP contribution in [0.15, 0.2) is 12.7 Å². The van der Waals surface area contributed by atoms with Crippen molar-refractivity contribution in [2.24, 2.45) is 0 Å². The third-order valence-corrected chi connectivity index (χ3v) is 3.64. The average Bonchev–Trinajstić information content (AvgIpc) is 2.03. The number of nitrogens with one attached hydrogen (secondary N) is 1. The van der Waals surface area contributed by atoms with E-state index in [9.17, 15) is 4.21 Å². The van der Waals surface area contributed by atoms with Gasteiger partial charge in [-0.3, -0.25) is 0 Å². The quantitative estimate of drug-likeness (QED) is 0.538. The lowest BCUT2D eigenvalue weighted by atomic mass is 10.1. The van der Waals surface area contributed by atoms with Crippen LogP contribution in [0, 0.1) is 0 Å². The molecule has 0 aliphatic heterocycles. The monoisotopic (exact) mass is 217 g/mol. The minimum Gasteiger partial charge on any atom is -0.242 e. The first-order valence-electron chi connectivity index (χ1n) is 5.17. The predicted molar refractivity (Wildman–Crippen MR) is 64.5 cm³/mol. The first kappa shape index (κ1) is 13.8. The molecular weight excluding hydrogens is 194 g/mol. The fourth-order valence-corrected chi connectivity index (χ4v) is 1.82. The van der Waals surface area contributed by atoms with Crippen LogP contribution in [0.3, 0.4) is 0 Å². The highest BCUT2D eigenvalue weighted by Crippen LogP contribution is 2.10. The number of allylic oxidation sites excluding steroid dienone is 1. The van der Waals surface area contributed by atoms with Crippen LogP contribution in [0.5, 0.6) is 0 Å². The Balaban J connectivity index is 3.77. The van der Waals surface area contributed by atoms with E-state index in [1.807, 2.05) is 26.8 Å². The molecule has 14 heavy (non-hydrogen) atoms. The van der Waals surface area contributed by atoms with Crippen LogP contribution in [0.2, 0.25) is 0 Å². The molecule has 0 aromatic heterocycles. The van der Waals surface area contributed by atoms with Gasteiger partial charge in [0.25, 0.3) is 0 Å². The Bertz CT molecular complexity index is 196. The molecule has 0 saturated carbocycles. The van der Waals surface area contributed by atoms with Gasteiger partial charge < -0.3 is 0 Å². The summed E-state index contributed by atoms with van der Waals surface area (Å²) in [6, 6.07) is 0.315. The van der Waals surface area contributed by atoms with Crippen molar-refractivity contribution in [2.45, 2.75) is 57.7 Å². The maximum absolute atomic E-state index is 11.7. The molecule has 0 heterocycles. The number of unbranched alkanes of at least 4 members (excludes halogenated alkanes) is 1. The lowest BCUT2D eigenvalue weighted by molar-refractivity contribution is 0.566. The van der Waals surface area contributed by atoms with Crippen molar-refractivity contribution >= 4 is 11.0 Å². The Kier molecular flexibility index (Phi) is 6.29. The van der Waals surface area contributed by atoms with E-state index < -0.39 is 11.0 Å². The zero-order chi connectivity index (χ0) is 11.2. The fourth-order valence-electron chi connectivity index (χ4n) is 0.987. The van der Waals surface area contributed by atoms with Crippen LogP contribution in [-0.2, 0) is 11.0 Å². The van der Waals surface area contributed by atoms with Crippen molar-refractivity contribution in [3.63, 3.8) is 0 Å². The molecule has 0 aromatic rings. The lowest BCUT2D eigenvalue weighted by Crippen LogP contribution is -2.38. The normalized spacial score (nSPS) is 16.3. The summed E-state index contributed by atoms with van der Waals surface area (Å²) in [5, 5.41) is 0. The van der Waals surface area contributed by atoms with E-state index >= 15 is 0 Å². The van der Waals surface area contributed by atoms with Gasteiger partial charge >= 0.3 is 0 Å². The molecule has 0 spiro atoms. The summed E-state index contributed by atoms with van der Waals surface area (Å²) < 4.78 is 14.6. The molecule has 0 aromatic carbocycles. The Morgan fingerprint density at radius 2 is 2.07 bits per heavy atom. The van der Waals surface area contributed by atoms with E-state index in [0.717, 1.165) is 19.3 Å². The summed E-state index contributed by atoms with van der Waals surface area (Å²) in [5.41, 5.74) is 0. The molecule has 84 valence electrons. The molecule has 2 nitrogen and oxygen atoms in total. The Morgan fingerprint density at radius 1 is 1.50 bits per heavy atom. The molecular formula is C11H23NOS. The third-order valence-electron chi connectivity index (χ3n) is 1.91. The second kappa shape index (κ2) is 6.36. The number of hydrogen-bond donors (Lipinski definition) is 1. The highest BCUT2D eigenvalue weighted by molar-refractivity contribution is 7.84. The van der Waals surface area contributed by atoms with E-state index in [-0.39, 0.29) is 4.75 Å². The zero-order valence-corrected chi connectivity index (χ0v) is 10.6. The summed E-state index contributed by atoms with van der Waals surface area (Å²) in [6.07, 6.45) is 5.12. The third kappa shape index (κ3) is 6.33. The van der Waals surface area contributed by atoms with Gasteiger partial charge in [0.1, 0.15) is 0 Å². The standard InChI is InChI=1S/C11H23NOS/c1-6-7-8-9-10(2)12-14(13)11(3,4)5/h6,10,12H,1,7-9H2,2-5H3/t10-,14+/m1/s1. The molecule has 0 rings (SSSR count). The number of hydrogen-bond acceptors (Lipinski definition) is 1. The van der Waals surface area contributed by atoms with E-state index in [1.165, 1.54) is 0 Å². The van der Waals surface area contributed by atoms with Gasteiger partial charge in [-0.05, 0) is 47.0 Å². The molecule has 0 fully saturated rings. The summed E-state index contributed by atoms with van der Waals surface area (Å²) >= 11 is 0. The first-order valence-corrected chi connectivity index (χ1v) is 6.32. The second-order valence-corrected chi connectivity index (χ2v) is 6.62. The van der Waals surface area contributed by atoms with Crippen LogP contribution in [0.1, 0.15) is 47.0 Å². The zero-order valence-electron chi connectivity index (χ0n) is 9.80. The molecule has 3 heteroatoms. The molecule has 0 aliphatic rings. The van der Waals surface area contributed by atoms with Crippen molar-refractivity contribution < 1.29 is 4.21 Å². The topological polar surface area (TPSA) is 29.1 Å². The highest BCUT2D eigenvalue weighted by Gasteiger charge is 2.20. The second-order valence-electron chi connectivity index (χ2n) is 4.62. The van der Waals surface area contributed by atoms with Crippen LogP contribution < -0.4 is 4.72 Å². The Morgan fingerprint density at radius 3 is 2.50 bits per heavy atom. The molecule has 0 radical (unpaired) electrons. The van der Waals surface area contributed by atoms with Crippen LogP contribution in [0.25, 0.3) is 0 Å². The predicted octanol–water partition coefficient (Wildman–Crippen LogP) is 2.78. The van der Waals surface area contributed by atoms with Gasteiger partial charge in [0.05, 0.1) is 15.7 Å². The molecule has 2 atom stereocenters. The molecule has 0 saturated heterocycles. The van der Waals surface area contributed by atoms with E-state index in [2.05, 4.69) is 18.2 Å². The van der Waals surface area contributed by atoms with E-state index in [1.54, 1.807) is 0 Å². The van der Waals surface area contributed by atoms with Gasteiger partial charge in [-0.1, -0.05) is 6.08 Å². The summed E-state index contributed by atoms with van der Waals surface area (Å²) in [7, 11) is -0.949. The maximum Gasteiger partial charge on any atom is 0.0972 e. The van der Waals surface area contributed by atoms with Crippen LogP contribution >= 0.6 is 0 Å². The van der Waals surface area contributed by atoms with E-state index in [0.29, 0.717) is 6.04 Å². The SMILES string of the molecule is C=CCCC[C@@H](C)N[S@@](=O)C(C)(C)C. The van der Waals surface area contributed by atoms with E-state index in [4.69, 9.17) is 0 Å².